The third kappa shape index (κ3) is 1.74. The number of aromatic hydroxyl groups is 1. The topological polar surface area (TPSA) is 38.0 Å². The van der Waals surface area contributed by atoms with Gasteiger partial charge in [0.05, 0.1) is 6.33 Å². The lowest BCUT2D eigenvalue weighted by atomic mass is 10.3. The fourth-order valence-corrected chi connectivity index (χ4v) is 1.58. The maximum Gasteiger partial charge on any atom is 0.292 e. The van der Waals surface area contributed by atoms with Crippen LogP contribution in [0.3, 0.4) is 0 Å². The van der Waals surface area contributed by atoms with Crippen LogP contribution in [0.5, 0.6) is 5.75 Å². The molecule has 1 aromatic carbocycles. The van der Waals surface area contributed by atoms with Crippen molar-refractivity contribution < 1.29 is 5.11 Å². The third-order valence-corrected chi connectivity index (χ3v) is 2.38. The van der Waals surface area contributed by atoms with Crippen LogP contribution in [-0.2, 0) is 0 Å². The number of aromatic nitrogens is 2. The van der Waals surface area contributed by atoms with E-state index in [-0.39, 0.29) is 5.75 Å². The van der Waals surface area contributed by atoms with E-state index < -0.39 is 0 Å². The SMILES string of the molecule is Oc1ccc(-n2cn[c]([AlH2])c2)cc1. The van der Waals surface area contributed by atoms with Crippen LogP contribution in [0.1, 0.15) is 0 Å². The first-order chi connectivity index (χ1) is 6.25. The van der Waals surface area contributed by atoms with Gasteiger partial charge in [0.2, 0.25) is 0 Å². The van der Waals surface area contributed by atoms with E-state index in [0.29, 0.717) is 0 Å². The van der Waals surface area contributed by atoms with Gasteiger partial charge >= 0.3 is 0 Å². The molecule has 1 aromatic heterocycles. The quantitative estimate of drug-likeness (QED) is 0.631. The van der Waals surface area contributed by atoms with E-state index in [1.807, 2.05) is 22.9 Å². The molecule has 0 spiro atoms. The van der Waals surface area contributed by atoms with Crippen molar-refractivity contribution in [1.82, 2.24) is 9.55 Å². The summed E-state index contributed by atoms with van der Waals surface area (Å²) in [7, 11) is 0. The summed E-state index contributed by atoms with van der Waals surface area (Å²) in [6.45, 7) is 0. The molecule has 0 aliphatic carbocycles. The Morgan fingerprint density at radius 2 is 1.92 bits per heavy atom. The van der Waals surface area contributed by atoms with Gasteiger partial charge in [-0.3, -0.25) is 4.98 Å². The molecular formula is C9H9AlN2O. The minimum atomic E-state index is 0.287. The molecule has 0 unspecified atom stereocenters. The van der Waals surface area contributed by atoms with Crippen molar-refractivity contribution in [3.63, 3.8) is 0 Å². The number of phenols is 1. The minimum absolute atomic E-state index is 0.287. The minimum Gasteiger partial charge on any atom is -0.508 e. The molecule has 0 saturated carbocycles. The van der Waals surface area contributed by atoms with Gasteiger partial charge < -0.3 is 9.67 Å². The highest BCUT2D eigenvalue weighted by molar-refractivity contribution is 6.30. The smallest absolute Gasteiger partial charge is 0.292 e. The van der Waals surface area contributed by atoms with Gasteiger partial charge in [-0.1, -0.05) is 0 Å². The molecule has 1 N–H and O–H groups in total. The van der Waals surface area contributed by atoms with Crippen molar-refractivity contribution in [2.45, 2.75) is 0 Å². The summed E-state index contributed by atoms with van der Waals surface area (Å²) in [6.07, 6.45) is 3.79. The van der Waals surface area contributed by atoms with Crippen molar-refractivity contribution >= 4 is 20.8 Å². The summed E-state index contributed by atoms with van der Waals surface area (Å²) < 4.78 is 3.06. The highest BCUT2D eigenvalue weighted by Gasteiger charge is 1.96. The van der Waals surface area contributed by atoms with E-state index in [0.717, 1.165) is 26.5 Å². The van der Waals surface area contributed by atoms with E-state index >= 15 is 0 Å². The average molecular weight is 188 g/mol. The maximum absolute atomic E-state index is 9.09. The largest absolute Gasteiger partial charge is 0.508 e. The van der Waals surface area contributed by atoms with Gasteiger partial charge in [0.15, 0.2) is 0 Å². The van der Waals surface area contributed by atoms with Crippen molar-refractivity contribution in [3.05, 3.63) is 36.8 Å². The van der Waals surface area contributed by atoms with E-state index in [4.69, 9.17) is 5.11 Å². The molecule has 3 nitrogen and oxygen atoms in total. The van der Waals surface area contributed by atoms with Gasteiger partial charge in [-0.25, -0.2) is 0 Å². The van der Waals surface area contributed by atoms with E-state index in [1.54, 1.807) is 18.5 Å². The predicted molar refractivity (Wildman–Crippen MR) is 53.4 cm³/mol. The molecule has 4 heteroatoms. The lowest BCUT2D eigenvalue weighted by Crippen LogP contribution is -2.00. The highest BCUT2D eigenvalue weighted by Crippen LogP contribution is 2.12. The summed E-state index contributed by atoms with van der Waals surface area (Å²) in [5.41, 5.74) is 1.02. The Kier molecular flexibility index (Phi) is 2.09. The molecule has 0 bridgehead atoms. The second-order valence-corrected chi connectivity index (χ2v) is 3.96. The molecule has 2 aromatic rings. The fraction of sp³-hybridized carbons (Fsp3) is 0. The molecule has 0 aliphatic heterocycles. The Hall–Kier alpha value is -1.24. The van der Waals surface area contributed by atoms with Crippen LogP contribution in [0.2, 0.25) is 0 Å². The Bertz CT molecular complexity index is 408. The zero-order chi connectivity index (χ0) is 9.26. The van der Waals surface area contributed by atoms with Crippen LogP contribution in [0.25, 0.3) is 5.69 Å². The molecule has 1 heterocycles. The molecule has 0 fully saturated rings. The number of rotatable bonds is 1. The average Bonchev–Trinajstić information content (AvgIpc) is 2.53. The van der Waals surface area contributed by atoms with E-state index in [2.05, 4.69) is 4.98 Å². The van der Waals surface area contributed by atoms with Gasteiger partial charge in [-0.05, 0) is 28.8 Å². The predicted octanol–water partition coefficient (Wildman–Crippen LogP) is -0.164. The number of benzene rings is 1. The number of imidazole rings is 1. The lowest BCUT2D eigenvalue weighted by Gasteiger charge is -2.00. The van der Waals surface area contributed by atoms with Crippen molar-refractivity contribution in [3.8, 4) is 11.4 Å². The molecule has 2 rings (SSSR count). The second kappa shape index (κ2) is 3.25. The van der Waals surface area contributed by atoms with Gasteiger partial charge in [0.25, 0.3) is 16.3 Å². The highest BCUT2D eigenvalue weighted by atomic mass is 27.0. The van der Waals surface area contributed by atoms with Gasteiger partial charge in [-0.15, -0.1) is 0 Å². The summed E-state index contributed by atoms with van der Waals surface area (Å²) >= 11 is 0.963. The summed E-state index contributed by atoms with van der Waals surface area (Å²) in [4.78, 5) is 4.18. The Balaban J connectivity index is 2.41. The molecular weight excluding hydrogens is 179 g/mol. The number of nitrogens with zero attached hydrogens (tertiary/aromatic N) is 2. The van der Waals surface area contributed by atoms with E-state index in [9.17, 15) is 0 Å². The molecule has 64 valence electrons. The molecule has 13 heavy (non-hydrogen) atoms. The standard InChI is InChI=1S/C9H7N2O.Al.2H/c12-9-3-1-8(2-4-9)11-6-5-10-7-11;;;/h1-4,6-7,12H;;;. The van der Waals surface area contributed by atoms with Crippen molar-refractivity contribution in [2.24, 2.45) is 0 Å². The molecule has 0 atom stereocenters. The van der Waals surface area contributed by atoms with Crippen molar-refractivity contribution in [1.29, 1.82) is 0 Å². The van der Waals surface area contributed by atoms with Crippen LogP contribution >= 0.6 is 0 Å². The summed E-state index contributed by atoms with van der Waals surface area (Å²) in [5.74, 6) is 0.287. The molecule has 0 saturated heterocycles. The Morgan fingerprint density at radius 3 is 2.46 bits per heavy atom. The first kappa shape index (κ1) is 8.36. The summed E-state index contributed by atoms with van der Waals surface area (Å²) in [6, 6.07) is 7.06. The fourth-order valence-electron chi connectivity index (χ4n) is 1.19. The van der Waals surface area contributed by atoms with Crippen LogP contribution in [0, 0.1) is 0 Å². The zero-order valence-corrected chi connectivity index (χ0v) is 9.31. The monoisotopic (exact) mass is 188 g/mol. The normalized spacial score (nSPS) is 10.2. The van der Waals surface area contributed by atoms with Crippen LogP contribution in [0.4, 0.5) is 0 Å². The number of phenolic OH excluding ortho intramolecular Hbond substituents is 1. The Morgan fingerprint density at radius 1 is 1.23 bits per heavy atom. The van der Waals surface area contributed by atoms with Crippen LogP contribution in [-0.4, -0.2) is 30.9 Å². The number of hydrogen-bond donors (Lipinski definition) is 1. The molecule has 0 amide bonds. The number of hydrogen-bond acceptors (Lipinski definition) is 2. The lowest BCUT2D eigenvalue weighted by molar-refractivity contribution is 0.475. The molecule has 0 radical (unpaired) electrons. The van der Waals surface area contributed by atoms with E-state index in [1.165, 1.54) is 0 Å². The van der Waals surface area contributed by atoms with Gasteiger partial charge in [0.1, 0.15) is 5.75 Å². The van der Waals surface area contributed by atoms with Gasteiger partial charge in [0, 0.05) is 11.9 Å². The maximum atomic E-state index is 9.09. The summed E-state index contributed by atoms with van der Waals surface area (Å²) in [5, 5.41) is 9.09. The van der Waals surface area contributed by atoms with Crippen LogP contribution < -0.4 is 4.56 Å². The second-order valence-electron chi connectivity index (χ2n) is 2.94. The van der Waals surface area contributed by atoms with Gasteiger partial charge in [-0.2, -0.15) is 0 Å². The third-order valence-electron chi connectivity index (χ3n) is 1.86. The molecule has 0 aliphatic rings. The first-order valence-electron chi connectivity index (χ1n) is 4.06. The zero-order valence-electron chi connectivity index (χ0n) is 7.31. The Labute approximate surface area is 84.1 Å². The first-order valence-corrected chi connectivity index (χ1v) is 5.06. The van der Waals surface area contributed by atoms with Crippen LogP contribution in [0.15, 0.2) is 36.8 Å². The van der Waals surface area contributed by atoms with Crippen molar-refractivity contribution in [2.75, 3.05) is 0 Å².